The topological polar surface area (TPSA) is 81.7 Å². The molecule has 2 aromatic rings. The Balaban J connectivity index is 1.28. The third-order valence-corrected chi connectivity index (χ3v) is 6.34. The third-order valence-electron chi connectivity index (χ3n) is 5.35. The Morgan fingerprint density at radius 1 is 1.41 bits per heavy atom. The van der Waals surface area contributed by atoms with Crippen LogP contribution >= 0.6 is 11.3 Å². The van der Waals surface area contributed by atoms with Gasteiger partial charge in [-0.15, -0.1) is 0 Å². The molecule has 2 aliphatic rings. The van der Waals surface area contributed by atoms with Crippen molar-refractivity contribution in [2.45, 2.75) is 19.3 Å². The first kappa shape index (κ1) is 18.0. The number of aromatic nitrogens is 1. The maximum absolute atomic E-state index is 11.7. The molecule has 27 heavy (non-hydrogen) atoms. The predicted octanol–water partition coefficient (Wildman–Crippen LogP) is 1.89. The van der Waals surface area contributed by atoms with Crippen molar-refractivity contribution in [3.05, 3.63) is 24.3 Å². The summed E-state index contributed by atoms with van der Waals surface area (Å²) in [6.07, 6.45) is 2.84. The molecule has 0 bridgehead atoms. The molecular formula is C19H26N6OS. The van der Waals surface area contributed by atoms with E-state index in [1.54, 1.807) is 11.3 Å². The molecule has 0 radical (unpaired) electrons. The molecule has 1 spiro atoms. The highest BCUT2D eigenvalue weighted by Gasteiger charge is 2.42. The smallest absolute Gasteiger partial charge is 0.220 e. The highest BCUT2D eigenvalue weighted by Crippen LogP contribution is 2.36. The van der Waals surface area contributed by atoms with Gasteiger partial charge in [-0.2, -0.15) is 0 Å². The number of hydrogen-bond acceptors (Lipinski definition) is 5. The van der Waals surface area contributed by atoms with E-state index < -0.39 is 0 Å². The second-order valence-corrected chi connectivity index (χ2v) is 8.40. The summed E-state index contributed by atoms with van der Waals surface area (Å²) in [7, 11) is 1.82. The minimum Gasteiger partial charge on any atom is -0.360 e. The van der Waals surface area contributed by atoms with Gasteiger partial charge in [0.15, 0.2) is 11.1 Å². The molecule has 2 aliphatic heterocycles. The quantitative estimate of drug-likeness (QED) is 0.425. The summed E-state index contributed by atoms with van der Waals surface area (Å²) >= 11 is 1.67. The molecule has 144 valence electrons. The van der Waals surface area contributed by atoms with Crippen LogP contribution in [0.25, 0.3) is 10.2 Å². The second-order valence-electron chi connectivity index (χ2n) is 7.37. The normalized spacial score (nSPS) is 23.1. The second kappa shape index (κ2) is 7.72. The lowest BCUT2D eigenvalue weighted by Gasteiger charge is -2.40. The van der Waals surface area contributed by atoms with Gasteiger partial charge >= 0.3 is 0 Å². The van der Waals surface area contributed by atoms with E-state index in [1.165, 1.54) is 4.70 Å². The standard InChI is InChI=1S/C19H26N6OS/c1-20-17(25-10-4-7-19(13-25)11-16(26)23-12-19)21-8-9-22-18-24-14-5-2-3-6-15(14)27-18/h2-3,5-6H,4,7-13H2,1H3,(H,20,21)(H,22,24)(H,23,26). The van der Waals surface area contributed by atoms with Gasteiger partial charge in [-0.05, 0) is 25.0 Å². The first-order chi connectivity index (χ1) is 13.2. The Hall–Kier alpha value is -2.35. The van der Waals surface area contributed by atoms with Crippen molar-refractivity contribution in [1.29, 1.82) is 0 Å². The Labute approximate surface area is 163 Å². The largest absolute Gasteiger partial charge is 0.360 e. The van der Waals surface area contributed by atoms with Crippen LogP contribution in [0.1, 0.15) is 19.3 Å². The molecule has 8 heteroatoms. The molecule has 0 aliphatic carbocycles. The van der Waals surface area contributed by atoms with Crippen LogP contribution < -0.4 is 16.0 Å². The van der Waals surface area contributed by atoms with Crippen molar-refractivity contribution in [2.24, 2.45) is 10.4 Å². The van der Waals surface area contributed by atoms with Crippen LogP contribution in [0.15, 0.2) is 29.3 Å². The average Bonchev–Trinajstić information content (AvgIpc) is 3.25. The van der Waals surface area contributed by atoms with E-state index in [2.05, 4.69) is 36.9 Å². The lowest BCUT2D eigenvalue weighted by molar-refractivity contribution is -0.119. The molecule has 0 saturated carbocycles. The highest BCUT2D eigenvalue weighted by atomic mass is 32.1. The van der Waals surface area contributed by atoms with E-state index in [-0.39, 0.29) is 11.3 Å². The summed E-state index contributed by atoms with van der Waals surface area (Å²) in [5.74, 6) is 1.10. The summed E-state index contributed by atoms with van der Waals surface area (Å²) in [6.45, 7) is 4.21. The van der Waals surface area contributed by atoms with Crippen LogP contribution in [0.2, 0.25) is 0 Å². The summed E-state index contributed by atoms with van der Waals surface area (Å²) in [6, 6.07) is 8.17. The van der Waals surface area contributed by atoms with Gasteiger partial charge in [0.2, 0.25) is 5.91 Å². The molecule has 1 aromatic carbocycles. The maximum Gasteiger partial charge on any atom is 0.220 e. The molecule has 1 amide bonds. The van der Waals surface area contributed by atoms with E-state index in [4.69, 9.17) is 0 Å². The number of rotatable bonds is 4. The fourth-order valence-corrected chi connectivity index (χ4v) is 4.94. The molecule has 1 unspecified atom stereocenters. The first-order valence-corrected chi connectivity index (χ1v) is 10.3. The molecular weight excluding hydrogens is 360 g/mol. The number of nitrogens with zero attached hydrogens (tertiary/aromatic N) is 3. The SMILES string of the molecule is CN=C(NCCNc1nc2ccccc2s1)N1CCCC2(CNC(=O)C2)C1. The molecule has 1 aromatic heterocycles. The van der Waals surface area contributed by atoms with Gasteiger partial charge in [0.05, 0.1) is 10.2 Å². The lowest BCUT2D eigenvalue weighted by Crippen LogP contribution is -2.51. The fourth-order valence-electron chi connectivity index (χ4n) is 4.05. The van der Waals surface area contributed by atoms with Crippen LogP contribution in [0.5, 0.6) is 0 Å². The van der Waals surface area contributed by atoms with E-state index in [9.17, 15) is 4.79 Å². The molecule has 4 rings (SSSR count). The highest BCUT2D eigenvalue weighted by molar-refractivity contribution is 7.22. The first-order valence-electron chi connectivity index (χ1n) is 9.49. The van der Waals surface area contributed by atoms with Gasteiger partial charge < -0.3 is 20.9 Å². The van der Waals surface area contributed by atoms with Crippen molar-refractivity contribution >= 4 is 38.6 Å². The van der Waals surface area contributed by atoms with Crippen molar-refractivity contribution in [3.8, 4) is 0 Å². The number of guanidine groups is 1. The number of amides is 1. The van der Waals surface area contributed by atoms with E-state index >= 15 is 0 Å². The fraction of sp³-hybridized carbons (Fsp3) is 0.526. The van der Waals surface area contributed by atoms with E-state index in [0.29, 0.717) is 6.42 Å². The summed E-state index contributed by atoms with van der Waals surface area (Å²) in [5.41, 5.74) is 1.11. The molecule has 7 nitrogen and oxygen atoms in total. The Morgan fingerprint density at radius 3 is 3.07 bits per heavy atom. The van der Waals surface area contributed by atoms with Crippen molar-refractivity contribution < 1.29 is 4.79 Å². The minimum atomic E-state index is 0.0756. The van der Waals surface area contributed by atoms with Crippen LogP contribution in [0, 0.1) is 5.41 Å². The maximum atomic E-state index is 11.7. The van der Waals surface area contributed by atoms with Crippen LogP contribution in [0.4, 0.5) is 5.13 Å². The zero-order chi connectivity index (χ0) is 18.7. The van der Waals surface area contributed by atoms with Crippen LogP contribution in [-0.4, -0.2) is 61.5 Å². The van der Waals surface area contributed by atoms with Gasteiger partial charge in [-0.25, -0.2) is 4.98 Å². The van der Waals surface area contributed by atoms with Gasteiger partial charge in [-0.1, -0.05) is 23.5 Å². The van der Waals surface area contributed by atoms with Crippen LogP contribution in [0.3, 0.4) is 0 Å². The number of para-hydroxylation sites is 1. The molecule has 2 fully saturated rings. The number of nitrogens with one attached hydrogen (secondary N) is 3. The number of piperidine rings is 1. The van der Waals surface area contributed by atoms with E-state index in [0.717, 1.165) is 62.2 Å². The van der Waals surface area contributed by atoms with Crippen molar-refractivity contribution in [2.75, 3.05) is 45.1 Å². The number of hydrogen-bond donors (Lipinski definition) is 3. The van der Waals surface area contributed by atoms with Gasteiger partial charge in [0.25, 0.3) is 0 Å². The Bertz CT molecular complexity index is 817. The van der Waals surface area contributed by atoms with Gasteiger partial charge in [0, 0.05) is 51.6 Å². The number of benzene rings is 1. The average molecular weight is 387 g/mol. The van der Waals surface area contributed by atoms with Crippen molar-refractivity contribution in [1.82, 2.24) is 20.5 Å². The lowest BCUT2D eigenvalue weighted by atomic mass is 9.79. The predicted molar refractivity (Wildman–Crippen MR) is 110 cm³/mol. The zero-order valence-electron chi connectivity index (χ0n) is 15.6. The van der Waals surface area contributed by atoms with E-state index in [1.807, 2.05) is 25.2 Å². The molecule has 3 heterocycles. The Kier molecular flexibility index (Phi) is 5.15. The molecule has 2 saturated heterocycles. The minimum absolute atomic E-state index is 0.0756. The van der Waals surface area contributed by atoms with Gasteiger partial charge in [0.1, 0.15) is 0 Å². The number of aliphatic imine (C=N–C) groups is 1. The number of fused-ring (bicyclic) bond motifs is 1. The summed E-state index contributed by atoms with van der Waals surface area (Å²) < 4.78 is 1.20. The number of anilines is 1. The molecule has 1 atom stereocenters. The van der Waals surface area contributed by atoms with Crippen LogP contribution in [-0.2, 0) is 4.79 Å². The van der Waals surface area contributed by atoms with Gasteiger partial charge in [-0.3, -0.25) is 9.79 Å². The zero-order valence-corrected chi connectivity index (χ0v) is 16.4. The number of carbonyl (C=O) groups is 1. The number of thiazole rings is 1. The third kappa shape index (κ3) is 4.00. The summed E-state index contributed by atoms with van der Waals surface area (Å²) in [5, 5.41) is 10.8. The van der Waals surface area contributed by atoms with Crippen molar-refractivity contribution in [3.63, 3.8) is 0 Å². The Morgan fingerprint density at radius 2 is 2.30 bits per heavy atom. The number of carbonyl (C=O) groups excluding carboxylic acids is 1. The monoisotopic (exact) mass is 386 g/mol. The summed E-state index contributed by atoms with van der Waals surface area (Å²) in [4.78, 5) is 23.0. The number of likely N-dealkylation sites (tertiary alicyclic amines) is 1. The molecule has 3 N–H and O–H groups in total.